The second-order valence-corrected chi connectivity index (χ2v) is 5.60. The Hall–Kier alpha value is -1.89. The van der Waals surface area contributed by atoms with E-state index in [1.165, 1.54) is 4.57 Å². The number of carboxylic acids is 1. The molecule has 0 aliphatic carbocycles. The molecule has 0 radical (unpaired) electrons. The number of aliphatic carboxylic acids is 1. The predicted molar refractivity (Wildman–Crippen MR) is 75.5 cm³/mol. The molecule has 0 spiro atoms. The summed E-state index contributed by atoms with van der Waals surface area (Å²) in [5, 5.41) is 12.3. The predicted octanol–water partition coefficient (Wildman–Crippen LogP) is 0.654. The maximum Gasteiger partial charge on any atom is 0.326 e. The summed E-state index contributed by atoms with van der Waals surface area (Å²) in [5.41, 5.74) is 0.369. The second kappa shape index (κ2) is 5.85. The molecule has 0 bridgehead atoms. The van der Waals surface area contributed by atoms with Crippen molar-refractivity contribution in [1.82, 2.24) is 9.55 Å². The summed E-state index contributed by atoms with van der Waals surface area (Å²) in [6.07, 6.45) is 4.58. The first kappa shape index (κ1) is 14.1. The molecule has 3 rings (SSSR count). The monoisotopic (exact) mass is 293 g/mol. The lowest BCUT2D eigenvalue weighted by Gasteiger charge is -2.22. The van der Waals surface area contributed by atoms with Crippen molar-refractivity contribution in [3.05, 3.63) is 22.2 Å². The molecule has 3 heterocycles. The molecular formula is C14H19N3O4. The van der Waals surface area contributed by atoms with Crippen molar-refractivity contribution in [1.29, 1.82) is 0 Å². The van der Waals surface area contributed by atoms with Gasteiger partial charge < -0.3 is 15.2 Å². The zero-order valence-electron chi connectivity index (χ0n) is 11.7. The average Bonchev–Trinajstić information content (AvgIpc) is 2.93. The first-order valence-corrected chi connectivity index (χ1v) is 7.31. The molecule has 2 N–H and O–H groups in total. The summed E-state index contributed by atoms with van der Waals surface area (Å²) in [5.74, 6) is -0.246. The van der Waals surface area contributed by atoms with E-state index >= 15 is 0 Å². The quantitative estimate of drug-likeness (QED) is 0.847. The molecular weight excluding hydrogens is 274 g/mol. The van der Waals surface area contributed by atoms with Gasteiger partial charge in [0.1, 0.15) is 6.04 Å². The Bertz CT molecular complexity index is 592. The number of nitrogens with zero attached hydrogens (tertiary/aromatic N) is 2. The molecule has 1 aromatic rings. The van der Waals surface area contributed by atoms with Crippen molar-refractivity contribution in [3.63, 3.8) is 0 Å². The third-order valence-electron chi connectivity index (χ3n) is 4.24. The Morgan fingerprint density at radius 1 is 1.43 bits per heavy atom. The summed E-state index contributed by atoms with van der Waals surface area (Å²) in [7, 11) is 0. The summed E-state index contributed by atoms with van der Waals surface area (Å²) in [4.78, 5) is 27.8. The molecule has 1 aromatic heterocycles. The van der Waals surface area contributed by atoms with Gasteiger partial charge in [-0.3, -0.25) is 9.36 Å². The van der Waals surface area contributed by atoms with E-state index in [2.05, 4.69) is 10.3 Å². The topological polar surface area (TPSA) is 93.5 Å². The van der Waals surface area contributed by atoms with Gasteiger partial charge in [0.2, 0.25) is 0 Å². The van der Waals surface area contributed by atoms with Gasteiger partial charge >= 0.3 is 5.97 Å². The van der Waals surface area contributed by atoms with Crippen LogP contribution in [0.4, 0.5) is 5.82 Å². The van der Waals surface area contributed by atoms with E-state index in [4.69, 9.17) is 4.74 Å². The van der Waals surface area contributed by atoms with E-state index < -0.39 is 12.0 Å². The second-order valence-electron chi connectivity index (χ2n) is 5.60. The van der Waals surface area contributed by atoms with Crippen LogP contribution >= 0.6 is 0 Å². The van der Waals surface area contributed by atoms with E-state index in [-0.39, 0.29) is 11.4 Å². The Morgan fingerprint density at radius 2 is 2.19 bits per heavy atom. The van der Waals surface area contributed by atoms with Crippen molar-refractivity contribution >= 4 is 11.8 Å². The van der Waals surface area contributed by atoms with Crippen LogP contribution in [0.1, 0.15) is 31.0 Å². The fourth-order valence-corrected chi connectivity index (χ4v) is 2.99. The van der Waals surface area contributed by atoms with Crippen LogP contribution in [0.15, 0.2) is 11.0 Å². The van der Waals surface area contributed by atoms with E-state index in [0.29, 0.717) is 31.0 Å². The van der Waals surface area contributed by atoms with Crippen LogP contribution in [-0.4, -0.2) is 40.4 Å². The van der Waals surface area contributed by atoms with Crippen molar-refractivity contribution in [3.8, 4) is 0 Å². The number of carbonyl (C=O) groups is 1. The average molecular weight is 293 g/mol. The number of carboxylic acid groups (broad SMARTS) is 1. The molecule has 21 heavy (non-hydrogen) atoms. The maximum atomic E-state index is 12.4. The molecule has 0 unspecified atom stereocenters. The molecule has 0 aromatic carbocycles. The molecule has 1 fully saturated rings. The number of anilines is 1. The summed E-state index contributed by atoms with van der Waals surface area (Å²) in [6.45, 7) is 2.18. The Balaban J connectivity index is 1.76. The highest BCUT2D eigenvalue weighted by Crippen LogP contribution is 2.24. The van der Waals surface area contributed by atoms with E-state index in [1.54, 1.807) is 6.20 Å². The molecule has 7 heteroatoms. The van der Waals surface area contributed by atoms with Crippen LogP contribution in [0.2, 0.25) is 0 Å². The van der Waals surface area contributed by atoms with Crippen molar-refractivity contribution in [2.45, 2.75) is 31.7 Å². The Morgan fingerprint density at radius 3 is 2.90 bits per heavy atom. The van der Waals surface area contributed by atoms with Crippen LogP contribution in [-0.2, 0) is 16.0 Å². The Labute approximate surface area is 121 Å². The molecule has 1 saturated heterocycles. The Kier molecular flexibility index (Phi) is 3.92. The van der Waals surface area contributed by atoms with Crippen LogP contribution < -0.4 is 10.9 Å². The summed E-state index contributed by atoms with van der Waals surface area (Å²) in [6, 6.07) is -0.765. The number of ether oxygens (including phenoxy) is 1. The lowest BCUT2D eigenvalue weighted by atomic mass is 10.0. The number of rotatable bonds is 4. The third-order valence-corrected chi connectivity index (χ3v) is 4.24. The lowest BCUT2D eigenvalue weighted by molar-refractivity contribution is -0.140. The number of aryl methyl sites for hydroxylation is 1. The number of aromatic nitrogens is 2. The van der Waals surface area contributed by atoms with E-state index in [0.717, 1.165) is 26.1 Å². The number of nitrogens with one attached hydrogen (secondary N) is 1. The first-order chi connectivity index (χ1) is 10.2. The SMILES string of the molecule is O=C(O)[C@@H]1CCc2cnc(NCC3CCOCC3)c(=O)n21. The van der Waals surface area contributed by atoms with Gasteiger partial charge in [-0.25, -0.2) is 9.78 Å². The number of hydrogen-bond acceptors (Lipinski definition) is 5. The fraction of sp³-hybridized carbons (Fsp3) is 0.643. The van der Waals surface area contributed by atoms with Gasteiger partial charge in [0.05, 0.1) is 0 Å². The van der Waals surface area contributed by atoms with Gasteiger partial charge in [-0.1, -0.05) is 0 Å². The van der Waals surface area contributed by atoms with E-state index in [1.807, 2.05) is 0 Å². The zero-order chi connectivity index (χ0) is 14.8. The van der Waals surface area contributed by atoms with Gasteiger partial charge in [-0.15, -0.1) is 0 Å². The lowest BCUT2D eigenvalue weighted by Crippen LogP contribution is -2.32. The summed E-state index contributed by atoms with van der Waals surface area (Å²) >= 11 is 0. The number of hydrogen-bond donors (Lipinski definition) is 2. The van der Waals surface area contributed by atoms with Crippen molar-refractivity contribution < 1.29 is 14.6 Å². The van der Waals surface area contributed by atoms with Gasteiger partial charge in [-0.2, -0.15) is 0 Å². The minimum Gasteiger partial charge on any atom is -0.480 e. The van der Waals surface area contributed by atoms with Crippen LogP contribution in [0.5, 0.6) is 0 Å². The molecule has 2 aliphatic rings. The van der Waals surface area contributed by atoms with Gasteiger partial charge in [-0.05, 0) is 31.6 Å². The summed E-state index contributed by atoms with van der Waals surface area (Å²) < 4.78 is 6.66. The molecule has 0 amide bonds. The smallest absolute Gasteiger partial charge is 0.326 e. The fourth-order valence-electron chi connectivity index (χ4n) is 2.99. The first-order valence-electron chi connectivity index (χ1n) is 7.31. The minimum absolute atomic E-state index is 0.249. The van der Waals surface area contributed by atoms with Crippen LogP contribution in [0.25, 0.3) is 0 Å². The largest absolute Gasteiger partial charge is 0.480 e. The highest BCUT2D eigenvalue weighted by Gasteiger charge is 2.30. The highest BCUT2D eigenvalue weighted by atomic mass is 16.5. The third kappa shape index (κ3) is 2.78. The highest BCUT2D eigenvalue weighted by molar-refractivity contribution is 5.72. The van der Waals surface area contributed by atoms with Crippen LogP contribution in [0.3, 0.4) is 0 Å². The van der Waals surface area contributed by atoms with Gasteiger partial charge in [0.25, 0.3) is 5.56 Å². The molecule has 114 valence electrons. The molecule has 2 aliphatic heterocycles. The normalized spacial score (nSPS) is 22.0. The molecule has 7 nitrogen and oxygen atoms in total. The minimum atomic E-state index is -0.961. The number of fused-ring (bicyclic) bond motifs is 1. The molecule has 1 atom stereocenters. The van der Waals surface area contributed by atoms with Gasteiger partial charge in [0.15, 0.2) is 5.82 Å². The van der Waals surface area contributed by atoms with Gasteiger partial charge in [0, 0.05) is 31.6 Å². The maximum absolute atomic E-state index is 12.4. The zero-order valence-corrected chi connectivity index (χ0v) is 11.7. The van der Waals surface area contributed by atoms with Crippen molar-refractivity contribution in [2.24, 2.45) is 5.92 Å². The van der Waals surface area contributed by atoms with Crippen LogP contribution in [0, 0.1) is 5.92 Å². The van der Waals surface area contributed by atoms with E-state index in [9.17, 15) is 14.7 Å². The standard InChI is InChI=1S/C14H19N3O4/c18-13-12(15-7-9-3-5-21-6-4-9)16-8-10-1-2-11(14(19)20)17(10)13/h8-9,11H,1-7H2,(H,15,16)(H,19,20)/t11-/m0/s1. The molecule has 0 saturated carbocycles. The van der Waals surface area contributed by atoms with Crippen molar-refractivity contribution in [2.75, 3.05) is 25.1 Å².